The molecule has 8 heteroatoms. The topological polar surface area (TPSA) is 63.5 Å². The second kappa shape index (κ2) is 8.09. The van der Waals surface area contributed by atoms with E-state index in [0.717, 1.165) is 17.2 Å². The molecule has 1 aromatic carbocycles. The average Bonchev–Trinajstić information content (AvgIpc) is 2.93. The highest BCUT2D eigenvalue weighted by Gasteiger charge is 2.34. The lowest BCUT2D eigenvalue weighted by molar-refractivity contribution is 0.00150. The van der Waals surface area contributed by atoms with E-state index in [0.29, 0.717) is 31.2 Å². The quantitative estimate of drug-likeness (QED) is 0.781. The number of halogens is 1. The molecule has 152 valence electrons. The van der Waals surface area contributed by atoms with Crippen molar-refractivity contribution in [3.63, 3.8) is 0 Å². The van der Waals surface area contributed by atoms with E-state index >= 15 is 0 Å². The first-order valence-electron chi connectivity index (χ1n) is 9.47. The van der Waals surface area contributed by atoms with Gasteiger partial charge in [-0.1, -0.05) is 29.8 Å². The summed E-state index contributed by atoms with van der Waals surface area (Å²) in [5, 5.41) is 9.14. The van der Waals surface area contributed by atoms with E-state index in [1.165, 1.54) is 0 Å². The number of benzene rings is 1. The maximum atomic E-state index is 12.6. The second-order valence-electron chi connectivity index (χ2n) is 8.16. The number of aromatic nitrogens is 3. The van der Waals surface area contributed by atoms with Crippen LogP contribution in [0.15, 0.2) is 24.3 Å². The van der Waals surface area contributed by atoms with Gasteiger partial charge in [-0.25, -0.2) is 4.79 Å². The van der Waals surface area contributed by atoms with E-state index in [-0.39, 0.29) is 12.1 Å². The number of rotatable bonds is 3. The van der Waals surface area contributed by atoms with Crippen LogP contribution in [-0.4, -0.2) is 55.9 Å². The third-order valence-corrected chi connectivity index (χ3v) is 5.28. The molecule has 0 spiro atoms. The Morgan fingerprint density at radius 1 is 1.25 bits per heavy atom. The Labute approximate surface area is 171 Å². The normalized spacial score (nSPS) is 18.4. The number of ether oxygens (including phenoxy) is 1. The lowest BCUT2D eigenvalue weighted by Gasteiger charge is -2.41. The summed E-state index contributed by atoms with van der Waals surface area (Å²) >= 11 is 6.50. The van der Waals surface area contributed by atoms with Gasteiger partial charge >= 0.3 is 6.09 Å². The van der Waals surface area contributed by atoms with Crippen LogP contribution in [0, 0.1) is 6.92 Å². The van der Waals surface area contributed by atoms with Crippen molar-refractivity contribution in [2.45, 2.75) is 45.9 Å². The van der Waals surface area contributed by atoms with Crippen LogP contribution in [0.2, 0.25) is 5.02 Å². The summed E-state index contributed by atoms with van der Waals surface area (Å²) in [7, 11) is 1.96. The van der Waals surface area contributed by atoms with Gasteiger partial charge in [0.2, 0.25) is 0 Å². The first kappa shape index (κ1) is 20.6. The number of piperazine rings is 1. The van der Waals surface area contributed by atoms with Crippen molar-refractivity contribution < 1.29 is 9.53 Å². The summed E-state index contributed by atoms with van der Waals surface area (Å²) in [5.74, 6) is 1.76. The van der Waals surface area contributed by atoms with E-state index < -0.39 is 5.60 Å². The number of aryl methyl sites for hydroxylation is 1. The molecule has 3 rings (SSSR count). The molecule has 0 aliphatic carbocycles. The molecule has 2 aromatic rings. The maximum Gasteiger partial charge on any atom is 0.410 e. The molecule has 1 fully saturated rings. The van der Waals surface area contributed by atoms with Crippen molar-refractivity contribution in [3.8, 4) is 0 Å². The van der Waals surface area contributed by atoms with Crippen LogP contribution in [0.3, 0.4) is 0 Å². The van der Waals surface area contributed by atoms with Crippen molar-refractivity contribution in [1.82, 2.24) is 24.6 Å². The number of hydrogen-bond donors (Lipinski definition) is 0. The zero-order valence-electron chi connectivity index (χ0n) is 17.1. The lowest BCUT2D eigenvalue weighted by atomic mass is 10.0. The summed E-state index contributed by atoms with van der Waals surface area (Å²) in [6.45, 7) is 10.00. The van der Waals surface area contributed by atoms with Crippen LogP contribution in [0.5, 0.6) is 0 Å². The molecule has 1 amide bonds. The SMILES string of the molecule is Cc1nnc(CN2CCN(C(=O)OC(C)(C)C)C[C@H]2c2ccccc2Cl)n1C. The Morgan fingerprint density at radius 3 is 2.57 bits per heavy atom. The molecule has 28 heavy (non-hydrogen) atoms. The molecule has 7 nitrogen and oxygen atoms in total. The highest BCUT2D eigenvalue weighted by Crippen LogP contribution is 2.32. The lowest BCUT2D eigenvalue weighted by Crippen LogP contribution is -2.51. The zero-order valence-corrected chi connectivity index (χ0v) is 17.9. The minimum Gasteiger partial charge on any atom is -0.444 e. The van der Waals surface area contributed by atoms with Crippen LogP contribution >= 0.6 is 11.6 Å². The number of carbonyl (C=O) groups is 1. The first-order chi connectivity index (χ1) is 13.2. The van der Waals surface area contributed by atoms with Gasteiger partial charge in [0.25, 0.3) is 0 Å². The molecule has 1 aromatic heterocycles. The molecule has 1 atom stereocenters. The van der Waals surface area contributed by atoms with Crippen molar-refractivity contribution in [2.75, 3.05) is 19.6 Å². The Bertz CT molecular complexity index is 845. The molecule has 2 heterocycles. The minimum atomic E-state index is -0.524. The fourth-order valence-electron chi connectivity index (χ4n) is 3.31. The van der Waals surface area contributed by atoms with Gasteiger partial charge in [-0.05, 0) is 39.3 Å². The summed E-state index contributed by atoms with van der Waals surface area (Å²) in [6, 6.07) is 7.73. The number of amides is 1. The average molecular weight is 406 g/mol. The standard InChI is InChI=1S/C20H28ClN5O2/c1-14-22-23-18(24(14)5)13-25-10-11-26(19(27)28-20(2,3)4)12-17(25)15-8-6-7-9-16(15)21/h6-9,17H,10-13H2,1-5H3/t17-/m0/s1. The van der Waals surface area contributed by atoms with Gasteiger partial charge in [0.05, 0.1) is 12.6 Å². The van der Waals surface area contributed by atoms with Gasteiger partial charge in [0.15, 0.2) is 0 Å². The summed E-state index contributed by atoms with van der Waals surface area (Å²) in [6.07, 6.45) is -0.293. The monoisotopic (exact) mass is 405 g/mol. The first-order valence-corrected chi connectivity index (χ1v) is 9.85. The molecule has 1 aliphatic heterocycles. The molecule has 0 unspecified atom stereocenters. The predicted octanol–water partition coefficient (Wildman–Crippen LogP) is 3.57. The Hall–Kier alpha value is -2.12. The third kappa shape index (κ3) is 4.64. The van der Waals surface area contributed by atoms with Crippen LogP contribution in [0.1, 0.15) is 44.0 Å². The second-order valence-corrected chi connectivity index (χ2v) is 8.56. The summed E-state index contributed by atoms with van der Waals surface area (Å²) in [4.78, 5) is 16.7. The molecule has 0 saturated carbocycles. The van der Waals surface area contributed by atoms with Crippen molar-refractivity contribution >= 4 is 17.7 Å². The molecule has 1 aliphatic rings. The fourth-order valence-corrected chi connectivity index (χ4v) is 3.57. The van der Waals surface area contributed by atoms with Gasteiger partial charge < -0.3 is 14.2 Å². The van der Waals surface area contributed by atoms with Gasteiger partial charge in [0, 0.05) is 31.7 Å². The smallest absolute Gasteiger partial charge is 0.410 e. The Balaban J connectivity index is 1.85. The molecule has 1 saturated heterocycles. The van der Waals surface area contributed by atoms with E-state index in [9.17, 15) is 4.79 Å². The van der Waals surface area contributed by atoms with Crippen LogP contribution in [-0.2, 0) is 18.3 Å². The molecule has 0 bridgehead atoms. The van der Waals surface area contributed by atoms with E-state index in [1.54, 1.807) is 4.90 Å². The van der Waals surface area contributed by atoms with Crippen molar-refractivity contribution in [1.29, 1.82) is 0 Å². The highest BCUT2D eigenvalue weighted by atomic mass is 35.5. The molecule has 0 N–H and O–H groups in total. The fraction of sp³-hybridized carbons (Fsp3) is 0.550. The van der Waals surface area contributed by atoms with Crippen molar-refractivity contribution in [2.24, 2.45) is 7.05 Å². The number of hydrogen-bond acceptors (Lipinski definition) is 5. The number of nitrogens with zero attached hydrogens (tertiary/aromatic N) is 5. The minimum absolute atomic E-state index is 0.0491. The van der Waals surface area contributed by atoms with E-state index in [2.05, 4.69) is 15.1 Å². The molecular formula is C20H28ClN5O2. The van der Waals surface area contributed by atoms with Gasteiger partial charge in [-0.3, -0.25) is 4.90 Å². The zero-order chi connectivity index (χ0) is 20.5. The Kier molecular flexibility index (Phi) is 5.95. The van der Waals surface area contributed by atoms with E-state index in [1.807, 2.05) is 63.6 Å². The third-order valence-electron chi connectivity index (χ3n) is 4.93. The van der Waals surface area contributed by atoms with Crippen LogP contribution in [0.25, 0.3) is 0 Å². The van der Waals surface area contributed by atoms with Crippen LogP contribution in [0.4, 0.5) is 4.79 Å². The molecular weight excluding hydrogens is 378 g/mol. The summed E-state index contributed by atoms with van der Waals surface area (Å²) < 4.78 is 7.57. The maximum absolute atomic E-state index is 12.6. The predicted molar refractivity (Wildman–Crippen MR) is 108 cm³/mol. The molecule has 0 radical (unpaired) electrons. The van der Waals surface area contributed by atoms with E-state index in [4.69, 9.17) is 16.3 Å². The van der Waals surface area contributed by atoms with Gasteiger partial charge in [0.1, 0.15) is 17.2 Å². The van der Waals surface area contributed by atoms with Gasteiger partial charge in [-0.2, -0.15) is 0 Å². The number of carbonyl (C=O) groups excluding carboxylic acids is 1. The van der Waals surface area contributed by atoms with Crippen molar-refractivity contribution in [3.05, 3.63) is 46.5 Å². The Morgan fingerprint density at radius 2 is 1.96 bits per heavy atom. The largest absolute Gasteiger partial charge is 0.444 e. The summed E-state index contributed by atoms with van der Waals surface area (Å²) in [5.41, 5.74) is 0.473. The van der Waals surface area contributed by atoms with Gasteiger partial charge in [-0.15, -0.1) is 10.2 Å². The van der Waals surface area contributed by atoms with Crippen LogP contribution < -0.4 is 0 Å². The highest BCUT2D eigenvalue weighted by molar-refractivity contribution is 6.31.